The Hall–Kier alpha value is -4.20. The van der Waals surface area contributed by atoms with Gasteiger partial charge < -0.3 is 15.0 Å². The van der Waals surface area contributed by atoms with Crippen molar-refractivity contribution in [2.45, 2.75) is 39.4 Å². The van der Waals surface area contributed by atoms with Crippen molar-refractivity contribution in [2.75, 3.05) is 13.7 Å². The van der Waals surface area contributed by atoms with Crippen LogP contribution in [0.4, 0.5) is 0 Å². The maximum absolute atomic E-state index is 13.9. The summed E-state index contributed by atoms with van der Waals surface area (Å²) in [5, 5.41) is 11.4. The summed E-state index contributed by atoms with van der Waals surface area (Å²) in [6.07, 6.45) is 0.852. The van der Waals surface area contributed by atoms with E-state index in [0.29, 0.717) is 18.0 Å². The number of methoxy groups -OCH3 is 1. The molecular formula is C29H33N5O3. The van der Waals surface area contributed by atoms with E-state index in [4.69, 9.17) is 4.74 Å². The average Bonchev–Trinajstić information content (AvgIpc) is 3.31. The molecule has 2 amide bonds. The third-order valence-corrected chi connectivity index (χ3v) is 6.23. The van der Waals surface area contributed by atoms with Crippen LogP contribution in [0.5, 0.6) is 5.75 Å². The largest absolute Gasteiger partial charge is 0.497 e. The zero-order valence-electron chi connectivity index (χ0n) is 21.5. The molecule has 3 aromatic carbocycles. The quantitative estimate of drug-likeness (QED) is 0.331. The van der Waals surface area contributed by atoms with Gasteiger partial charge in [-0.25, -0.2) is 4.68 Å². The molecule has 0 fully saturated rings. The van der Waals surface area contributed by atoms with Crippen molar-refractivity contribution in [3.8, 4) is 5.75 Å². The Morgan fingerprint density at radius 1 is 0.973 bits per heavy atom. The molecule has 0 saturated carbocycles. The van der Waals surface area contributed by atoms with Gasteiger partial charge >= 0.3 is 0 Å². The molecule has 192 valence electrons. The van der Waals surface area contributed by atoms with E-state index in [1.807, 2.05) is 78.9 Å². The molecule has 0 aliphatic heterocycles. The van der Waals surface area contributed by atoms with Crippen LogP contribution in [-0.2, 0) is 22.7 Å². The number of hydrogen-bond donors (Lipinski definition) is 1. The van der Waals surface area contributed by atoms with E-state index in [1.54, 1.807) is 16.7 Å². The molecule has 8 nitrogen and oxygen atoms in total. The smallest absolute Gasteiger partial charge is 0.247 e. The zero-order valence-corrected chi connectivity index (χ0v) is 21.5. The molecule has 0 bridgehead atoms. The molecule has 0 saturated heterocycles. The van der Waals surface area contributed by atoms with Crippen LogP contribution in [0.1, 0.15) is 37.4 Å². The maximum Gasteiger partial charge on any atom is 0.247 e. The summed E-state index contributed by atoms with van der Waals surface area (Å²) in [7, 11) is 1.61. The highest BCUT2D eigenvalue weighted by atomic mass is 16.5. The fourth-order valence-corrected chi connectivity index (χ4v) is 4.19. The van der Waals surface area contributed by atoms with Crippen LogP contribution < -0.4 is 10.1 Å². The van der Waals surface area contributed by atoms with Gasteiger partial charge in [-0.05, 0) is 47.7 Å². The van der Waals surface area contributed by atoms with Gasteiger partial charge in [-0.2, -0.15) is 0 Å². The Bertz CT molecular complexity index is 1320. The third-order valence-electron chi connectivity index (χ3n) is 6.23. The first-order valence-electron chi connectivity index (χ1n) is 12.5. The van der Waals surface area contributed by atoms with Crippen LogP contribution in [0.15, 0.2) is 78.9 Å². The van der Waals surface area contributed by atoms with Gasteiger partial charge in [0.1, 0.15) is 23.9 Å². The number of nitrogens with zero attached hydrogens (tertiary/aromatic N) is 4. The number of amides is 2. The molecule has 0 radical (unpaired) electrons. The topological polar surface area (TPSA) is 89.3 Å². The number of aromatic nitrogens is 3. The number of carbonyl (C=O) groups excluding carboxylic acids is 2. The second-order valence-electron chi connectivity index (χ2n) is 9.39. The van der Waals surface area contributed by atoms with Gasteiger partial charge in [0.05, 0.1) is 12.6 Å². The Balaban J connectivity index is 1.69. The molecular weight excluding hydrogens is 466 g/mol. The normalized spacial score (nSPS) is 11.9. The molecule has 0 aliphatic rings. The molecule has 0 spiro atoms. The summed E-state index contributed by atoms with van der Waals surface area (Å²) in [5.74, 6) is 0.728. The minimum absolute atomic E-state index is 0.0424. The predicted octanol–water partition coefficient (Wildman–Crippen LogP) is 4.37. The van der Waals surface area contributed by atoms with E-state index in [9.17, 15) is 9.59 Å². The van der Waals surface area contributed by atoms with E-state index < -0.39 is 6.04 Å². The highest BCUT2D eigenvalue weighted by Gasteiger charge is 2.32. The van der Waals surface area contributed by atoms with Gasteiger partial charge in [-0.3, -0.25) is 9.59 Å². The van der Waals surface area contributed by atoms with Gasteiger partial charge in [-0.15, -0.1) is 5.10 Å². The Morgan fingerprint density at radius 2 is 1.68 bits per heavy atom. The van der Waals surface area contributed by atoms with E-state index in [2.05, 4.69) is 29.5 Å². The lowest BCUT2D eigenvalue weighted by Gasteiger charge is -2.32. The van der Waals surface area contributed by atoms with Crippen LogP contribution >= 0.6 is 0 Å². The van der Waals surface area contributed by atoms with Crippen LogP contribution in [-0.4, -0.2) is 45.4 Å². The van der Waals surface area contributed by atoms with Gasteiger partial charge in [0.2, 0.25) is 11.8 Å². The molecule has 1 aromatic heterocycles. The summed E-state index contributed by atoms with van der Waals surface area (Å²) in [4.78, 5) is 29.2. The summed E-state index contributed by atoms with van der Waals surface area (Å²) >= 11 is 0. The summed E-state index contributed by atoms with van der Waals surface area (Å²) in [6.45, 7) is 4.97. The molecule has 1 N–H and O–H groups in total. The number of hydrogen-bond acceptors (Lipinski definition) is 5. The molecule has 37 heavy (non-hydrogen) atoms. The highest BCUT2D eigenvalue weighted by Crippen LogP contribution is 2.25. The number of fused-ring (bicyclic) bond motifs is 1. The second-order valence-corrected chi connectivity index (χ2v) is 9.39. The maximum atomic E-state index is 13.9. The minimum atomic E-state index is -0.808. The zero-order chi connectivity index (χ0) is 26.2. The van der Waals surface area contributed by atoms with E-state index in [0.717, 1.165) is 28.8 Å². The Kier molecular flexibility index (Phi) is 8.51. The van der Waals surface area contributed by atoms with Gasteiger partial charge in [0, 0.05) is 13.1 Å². The Morgan fingerprint density at radius 3 is 2.38 bits per heavy atom. The number of ether oxygens (including phenoxy) is 1. The number of benzene rings is 3. The van der Waals surface area contributed by atoms with Crippen molar-refractivity contribution in [3.63, 3.8) is 0 Å². The lowest BCUT2D eigenvalue weighted by molar-refractivity contribution is -0.142. The standard InChI is InChI=1S/C29H33N5O3/c1-21(2)17-18-30-29(36)28(23-9-5-4-6-10-23)33(19-22-13-15-24(37-3)16-14-22)27(35)20-34-26-12-8-7-11-25(26)31-32-34/h4-16,21,28H,17-20H2,1-3H3,(H,30,36)/t28-/m1/s1. The SMILES string of the molecule is COc1ccc(CN(C(=O)Cn2nnc3ccccc32)[C@@H](C(=O)NCCC(C)C)c2ccccc2)cc1. The number of rotatable bonds is 11. The fourth-order valence-electron chi connectivity index (χ4n) is 4.19. The monoisotopic (exact) mass is 499 g/mol. The first-order chi connectivity index (χ1) is 18.0. The molecule has 4 rings (SSSR count). The van der Waals surface area contributed by atoms with Gasteiger partial charge in [0.15, 0.2) is 0 Å². The third kappa shape index (κ3) is 6.52. The molecule has 8 heteroatoms. The number of carbonyl (C=O) groups is 2. The highest BCUT2D eigenvalue weighted by molar-refractivity contribution is 5.89. The average molecular weight is 500 g/mol. The fraction of sp³-hybridized carbons (Fsp3) is 0.310. The van der Waals surface area contributed by atoms with Crippen LogP contribution in [0.25, 0.3) is 11.0 Å². The first-order valence-corrected chi connectivity index (χ1v) is 12.5. The van der Waals surface area contributed by atoms with Gasteiger partial charge in [-0.1, -0.05) is 73.7 Å². The van der Waals surface area contributed by atoms with E-state index in [-0.39, 0.29) is 24.9 Å². The Labute approximate surface area is 217 Å². The molecule has 4 aromatic rings. The number of nitrogens with one attached hydrogen (secondary N) is 1. The van der Waals surface area contributed by atoms with Crippen molar-refractivity contribution in [1.29, 1.82) is 0 Å². The predicted molar refractivity (Wildman–Crippen MR) is 143 cm³/mol. The summed E-state index contributed by atoms with van der Waals surface area (Å²) in [5.41, 5.74) is 3.10. The van der Waals surface area contributed by atoms with Crippen LogP contribution in [0.2, 0.25) is 0 Å². The van der Waals surface area contributed by atoms with E-state index in [1.165, 1.54) is 0 Å². The second kappa shape index (κ2) is 12.2. The van der Waals surface area contributed by atoms with Gasteiger partial charge in [0.25, 0.3) is 0 Å². The molecule has 1 heterocycles. The van der Waals surface area contributed by atoms with Crippen LogP contribution in [0.3, 0.4) is 0 Å². The van der Waals surface area contributed by atoms with Crippen molar-refractivity contribution < 1.29 is 14.3 Å². The summed E-state index contributed by atoms with van der Waals surface area (Å²) in [6, 6.07) is 23.6. The summed E-state index contributed by atoms with van der Waals surface area (Å²) < 4.78 is 6.87. The molecule has 0 aliphatic carbocycles. The van der Waals surface area contributed by atoms with Crippen LogP contribution in [0, 0.1) is 5.92 Å². The minimum Gasteiger partial charge on any atom is -0.497 e. The lowest BCUT2D eigenvalue weighted by atomic mass is 10.0. The van der Waals surface area contributed by atoms with Crippen molar-refractivity contribution in [3.05, 3.63) is 90.0 Å². The molecule has 0 unspecified atom stereocenters. The van der Waals surface area contributed by atoms with Crippen molar-refractivity contribution in [2.24, 2.45) is 5.92 Å². The molecule has 1 atom stereocenters. The van der Waals surface area contributed by atoms with Crippen molar-refractivity contribution in [1.82, 2.24) is 25.2 Å². The lowest BCUT2D eigenvalue weighted by Crippen LogP contribution is -2.45. The van der Waals surface area contributed by atoms with Crippen molar-refractivity contribution >= 4 is 22.8 Å². The first kappa shape index (κ1) is 25.9. The number of para-hydroxylation sites is 1. The van der Waals surface area contributed by atoms with E-state index >= 15 is 0 Å².